The molecule has 3 N–H and O–H groups in total. The van der Waals surface area contributed by atoms with Crippen molar-refractivity contribution in [2.24, 2.45) is 0 Å². The zero-order valence-corrected chi connectivity index (χ0v) is 54.3. The number of aliphatic hydroxyl groups excluding tert-OH is 2. The fourth-order valence-corrected chi connectivity index (χ4v) is 11.6. The third-order valence-electron chi connectivity index (χ3n) is 17.2. The van der Waals surface area contributed by atoms with Crippen molar-refractivity contribution in [1.29, 1.82) is 0 Å². The lowest BCUT2D eigenvalue weighted by Gasteiger charge is -2.20. The third-order valence-corrected chi connectivity index (χ3v) is 17.2. The van der Waals surface area contributed by atoms with E-state index in [1.807, 2.05) is 6.08 Å². The number of amides is 1. The largest absolute Gasteiger partial charge is 0.466 e. The summed E-state index contributed by atoms with van der Waals surface area (Å²) in [6, 6.07) is -0.631. The minimum atomic E-state index is -0.847. The molecule has 0 aliphatic rings. The number of ether oxygens (including phenoxy) is 1. The minimum Gasteiger partial charge on any atom is -0.466 e. The molecule has 0 heterocycles. The van der Waals surface area contributed by atoms with Gasteiger partial charge in [-0.2, -0.15) is 0 Å². The van der Waals surface area contributed by atoms with Gasteiger partial charge < -0.3 is 20.3 Å². The van der Waals surface area contributed by atoms with Crippen LogP contribution in [-0.2, 0) is 14.3 Å². The van der Waals surface area contributed by atoms with Crippen LogP contribution in [0.25, 0.3) is 0 Å². The van der Waals surface area contributed by atoms with Crippen molar-refractivity contribution in [3.05, 3.63) is 24.3 Å². The van der Waals surface area contributed by atoms with Crippen molar-refractivity contribution in [3.63, 3.8) is 0 Å². The lowest BCUT2D eigenvalue weighted by Crippen LogP contribution is -2.45. The van der Waals surface area contributed by atoms with Crippen molar-refractivity contribution in [1.82, 2.24) is 5.32 Å². The summed E-state index contributed by atoms with van der Waals surface area (Å²) >= 11 is 0. The van der Waals surface area contributed by atoms with E-state index in [-0.39, 0.29) is 18.5 Å². The van der Waals surface area contributed by atoms with Gasteiger partial charge in [-0.1, -0.05) is 366 Å². The van der Waals surface area contributed by atoms with Gasteiger partial charge in [-0.3, -0.25) is 9.59 Å². The molecule has 0 bridgehead atoms. The molecule has 0 saturated carbocycles. The third kappa shape index (κ3) is 65.5. The van der Waals surface area contributed by atoms with E-state index in [4.69, 9.17) is 4.74 Å². The van der Waals surface area contributed by atoms with E-state index in [1.54, 1.807) is 6.08 Å². The fraction of sp³-hybridized carbons (Fsp3) is 0.919. The molecule has 6 nitrogen and oxygen atoms in total. The van der Waals surface area contributed by atoms with Gasteiger partial charge in [0.2, 0.25) is 5.91 Å². The monoisotopic (exact) mass is 1130 g/mol. The highest BCUT2D eigenvalue weighted by atomic mass is 16.5. The zero-order chi connectivity index (χ0) is 57.8. The second-order valence-corrected chi connectivity index (χ2v) is 25.3. The summed E-state index contributed by atoms with van der Waals surface area (Å²) in [6.07, 6.45) is 88.3. The van der Waals surface area contributed by atoms with Crippen LogP contribution in [0.4, 0.5) is 0 Å². The van der Waals surface area contributed by atoms with Gasteiger partial charge in [-0.15, -0.1) is 0 Å². The average molecular weight is 1130 g/mol. The number of carbonyl (C=O) groups is 2. The molecule has 2 atom stereocenters. The van der Waals surface area contributed by atoms with Gasteiger partial charge in [-0.25, -0.2) is 0 Å². The Hall–Kier alpha value is -1.66. The summed E-state index contributed by atoms with van der Waals surface area (Å²) in [5.41, 5.74) is 0. The predicted molar refractivity (Wildman–Crippen MR) is 352 cm³/mol. The van der Waals surface area contributed by atoms with Crippen LogP contribution in [0.5, 0.6) is 0 Å². The molecule has 1 amide bonds. The second kappa shape index (κ2) is 69.8. The first-order chi connectivity index (χ1) is 39.5. The van der Waals surface area contributed by atoms with Crippen LogP contribution in [0, 0.1) is 0 Å². The second-order valence-electron chi connectivity index (χ2n) is 25.3. The molecule has 6 heteroatoms. The number of esters is 1. The predicted octanol–water partition coefficient (Wildman–Crippen LogP) is 23.7. The Balaban J connectivity index is 3.40. The molecular weight excluding hydrogens is 983 g/mol. The van der Waals surface area contributed by atoms with E-state index >= 15 is 0 Å². The van der Waals surface area contributed by atoms with Gasteiger partial charge in [-0.05, 0) is 57.8 Å². The number of unbranched alkanes of at least 4 members (excludes halogenated alkanes) is 56. The minimum absolute atomic E-state index is 0.0179. The van der Waals surface area contributed by atoms with Crippen LogP contribution in [0.2, 0.25) is 0 Å². The number of rotatable bonds is 69. The molecule has 0 fully saturated rings. The number of nitrogens with one attached hydrogen (secondary N) is 1. The number of aliphatic hydroxyl groups is 2. The molecule has 474 valence electrons. The highest BCUT2D eigenvalue weighted by Gasteiger charge is 2.18. The van der Waals surface area contributed by atoms with Crippen LogP contribution in [-0.4, -0.2) is 47.4 Å². The van der Waals surface area contributed by atoms with Gasteiger partial charge in [0.25, 0.3) is 0 Å². The SMILES string of the molecule is CCCCCCCCCCCCCCCCCCCCC/C=C/C(O)C(CO)NC(=O)CCCCCCCCCCC/C=C\CCCCCCCCCCCCCCOC(=O)CCCCCCCCCCCCCCCCCCC. The molecule has 0 radical (unpaired) electrons. The number of hydrogen-bond acceptors (Lipinski definition) is 5. The Morgan fingerprint density at radius 3 is 0.887 bits per heavy atom. The molecule has 0 spiro atoms. The molecule has 2 unspecified atom stereocenters. The molecule has 0 aliphatic carbocycles. The maximum atomic E-state index is 12.5. The number of hydrogen-bond donors (Lipinski definition) is 3. The smallest absolute Gasteiger partial charge is 0.305 e. The summed E-state index contributed by atoms with van der Waals surface area (Å²) in [6.45, 7) is 4.95. The Labute approximate surface area is 501 Å². The first-order valence-electron chi connectivity index (χ1n) is 36.6. The number of allylic oxidation sites excluding steroid dienone is 3. The van der Waals surface area contributed by atoms with Crippen LogP contribution in [0.3, 0.4) is 0 Å². The maximum Gasteiger partial charge on any atom is 0.305 e. The highest BCUT2D eigenvalue weighted by molar-refractivity contribution is 5.76. The van der Waals surface area contributed by atoms with Crippen molar-refractivity contribution in [2.45, 2.75) is 424 Å². The normalized spacial score (nSPS) is 12.6. The lowest BCUT2D eigenvalue weighted by molar-refractivity contribution is -0.143. The quantitative estimate of drug-likeness (QED) is 0.0320. The highest BCUT2D eigenvalue weighted by Crippen LogP contribution is 2.19. The van der Waals surface area contributed by atoms with E-state index in [1.165, 1.54) is 347 Å². The van der Waals surface area contributed by atoms with Gasteiger partial charge in [0.1, 0.15) is 0 Å². The molecule has 0 aliphatic heterocycles. The van der Waals surface area contributed by atoms with Crippen molar-refractivity contribution >= 4 is 11.9 Å². The van der Waals surface area contributed by atoms with E-state index in [0.29, 0.717) is 19.4 Å². The van der Waals surface area contributed by atoms with Crippen LogP contribution < -0.4 is 5.32 Å². The molecule has 0 saturated heterocycles. The van der Waals surface area contributed by atoms with Gasteiger partial charge >= 0.3 is 5.97 Å². The Morgan fingerprint density at radius 2 is 0.588 bits per heavy atom. The maximum absolute atomic E-state index is 12.5. The van der Waals surface area contributed by atoms with E-state index in [2.05, 4.69) is 31.3 Å². The Morgan fingerprint density at radius 1 is 0.338 bits per heavy atom. The van der Waals surface area contributed by atoms with E-state index in [0.717, 1.165) is 38.5 Å². The van der Waals surface area contributed by atoms with Gasteiger partial charge in [0, 0.05) is 12.8 Å². The zero-order valence-electron chi connectivity index (χ0n) is 54.3. The molecule has 0 aromatic carbocycles. The number of carbonyl (C=O) groups excluding carboxylic acids is 2. The van der Waals surface area contributed by atoms with Gasteiger partial charge in [0.05, 0.1) is 25.4 Å². The molecule has 0 aromatic rings. The average Bonchev–Trinajstić information content (AvgIpc) is 3.46. The topological polar surface area (TPSA) is 95.9 Å². The van der Waals surface area contributed by atoms with Crippen molar-refractivity contribution in [2.75, 3.05) is 13.2 Å². The summed E-state index contributed by atoms with van der Waals surface area (Å²) in [7, 11) is 0. The van der Waals surface area contributed by atoms with E-state index in [9.17, 15) is 19.8 Å². The van der Waals surface area contributed by atoms with Gasteiger partial charge in [0.15, 0.2) is 0 Å². The Bertz CT molecular complexity index is 1250. The summed E-state index contributed by atoms with van der Waals surface area (Å²) < 4.78 is 5.51. The fourth-order valence-electron chi connectivity index (χ4n) is 11.6. The van der Waals surface area contributed by atoms with Crippen molar-refractivity contribution in [3.8, 4) is 0 Å². The molecular formula is C74H143NO5. The molecule has 0 aromatic heterocycles. The summed E-state index contributed by atoms with van der Waals surface area (Å²) in [5.74, 6) is -0.0489. The molecule has 0 rings (SSSR count). The van der Waals surface area contributed by atoms with Crippen LogP contribution >= 0.6 is 0 Å². The Kier molecular flexibility index (Phi) is 68.4. The lowest BCUT2D eigenvalue weighted by atomic mass is 10.0. The van der Waals surface area contributed by atoms with Crippen LogP contribution in [0.15, 0.2) is 24.3 Å². The summed E-state index contributed by atoms with van der Waals surface area (Å²) in [5, 5.41) is 23.3. The van der Waals surface area contributed by atoms with Crippen molar-refractivity contribution < 1.29 is 24.5 Å². The van der Waals surface area contributed by atoms with E-state index < -0.39 is 12.1 Å². The first-order valence-corrected chi connectivity index (χ1v) is 36.6. The first kappa shape index (κ1) is 78.3. The summed E-state index contributed by atoms with van der Waals surface area (Å²) in [4.78, 5) is 24.6. The standard InChI is InChI=1S/C74H143NO5/c1-3-5-7-9-11-13-15-17-19-21-22-28-31-35-38-42-46-50-54-58-62-66-72(77)71(70-76)75-73(78)67-63-59-55-51-47-43-39-36-32-29-26-24-23-25-27-30-33-37-41-45-49-53-57-61-65-69-80-74(79)68-64-60-56-52-48-44-40-34-20-18-16-14-12-10-8-6-4-2/h24,26,62,66,71-72,76-77H,3-23,25,27-61,63-65,67-70H2,1-2H3,(H,75,78)/b26-24-,66-62+. The van der Waals surface area contributed by atoms with Crippen LogP contribution in [0.1, 0.15) is 412 Å². The molecule has 80 heavy (non-hydrogen) atoms.